The first kappa shape index (κ1) is 12.0. The zero-order valence-corrected chi connectivity index (χ0v) is 11.0. The molecule has 0 aliphatic heterocycles. The molecule has 2 aromatic rings. The van der Waals surface area contributed by atoms with Crippen LogP contribution in [-0.2, 0) is 4.79 Å². The number of rotatable bonds is 3. The van der Waals surface area contributed by atoms with E-state index in [1.54, 1.807) is 6.20 Å². The molecule has 0 saturated heterocycles. The number of nitrogens with two attached hydrogens (primary N) is 1. The molecule has 19 heavy (non-hydrogen) atoms. The highest BCUT2D eigenvalue weighted by Crippen LogP contribution is 2.47. The molecule has 5 heteroatoms. The Morgan fingerprint density at radius 2 is 2.11 bits per heavy atom. The van der Waals surface area contributed by atoms with Gasteiger partial charge in [0.1, 0.15) is 0 Å². The molecule has 1 aliphatic carbocycles. The molecule has 0 bridgehead atoms. The van der Waals surface area contributed by atoms with Gasteiger partial charge in [-0.1, -0.05) is 18.3 Å². The zero-order chi connectivity index (χ0) is 13.5. The van der Waals surface area contributed by atoms with E-state index >= 15 is 0 Å². The van der Waals surface area contributed by atoms with Gasteiger partial charge in [0.25, 0.3) is 0 Å². The summed E-state index contributed by atoms with van der Waals surface area (Å²) >= 11 is 4.99. The minimum Gasteiger partial charge on any atom is -0.392 e. The van der Waals surface area contributed by atoms with Crippen LogP contribution in [0.3, 0.4) is 0 Å². The van der Waals surface area contributed by atoms with Crippen molar-refractivity contribution in [2.24, 2.45) is 11.1 Å². The number of thiocarbonyl (C=S) groups is 1. The first-order chi connectivity index (χ1) is 9.13. The fourth-order valence-electron chi connectivity index (χ4n) is 2.16. The third-order valence-electron chi connectivity index (χ3n) is 3.55. The molecule has 1 heterocycles. The summed E-state index contributed by atoms with van der Waals surface area (Å²) < 4.78 is 0. The van der Waals surface area contributed by atoms with E-state index in [0.29, 0.717) is 0 Å². The number of nitrogens with one attached hydrogen (secondary N) is 1. The molecule has 0 atom stereocenters. The Balaban J connectivity index is 1.94. The van der Waals surface area contributed by atoms with Gasteiger partial charge in [0.2, 0.25) is 5.91 Å². The van der Waals surface area contributed by atoms with E-state index in [1.165, 1.54) is 0 Å². The van der Waals surface area contributed by atoms with Crippen LogP contribution in [-0.4, -0.2) is 15.9 Å². The van der Waals surface area contributed by atoms with Gasteiger partial charge in [-0.25, -0.2) is 0 Å². The highest BCUT2D eigenvalue weighted by Gasteiger charge is 2.52. The second-order valence-corrected chi connectivity index (χ2v) is 5.22. The number of fused-ring (bicyclic) bond motifs is 1. The molecule has 0 spiro atoms. The maximum atomic E-state index is 12.3. The number of hydrogen-bond acceptors (Lipinski definition) is 3. The quantitative estimate of drug-likeness (QED) is 0.840. The molecule has 1 fully saturated rings. The lowest BCUT2D eigenvalue weighted by molar-refractivity contribution is -0.118. The fourth-order valence-corrected chi connectivity index (χ4v) is 2.46. The molecule has 1 amide bonds. The van der Waals surface area contributed by atoms with Crippen LogP contribution in [0.4, 0.5) is 5.69 Å². The van der Waals surface area contributed by atoms with Crippen molar-refractivity contribution < 1.29 is 4.79 Å². The fraction of sp³-hybridized carbons (Fsp3) is 0.214. The Hall–Kier alpha value is -2.01. The Bertz CT molecular complexity index is 674. The van der Waals surface area contributed by atoms with Crippen molar-refractivity contribution in [1.29, 1.82) is 0 Å². The van der Waals surface area contributed by atoms with Crippen LogP contribution in [0.25, 0.3) is 10.9 Å². The maximum absolute atomic E-state index is 12.3. The normalized spacial score (nSPS) is 16.0. The summed E-state index contributed by atoms with van der Waals surface area (Å²) in [6.45, 7) is 0. The van der Waals surface area contributed by atoms with E-state index in [9.17, 15) is 4.79 Å². The van der Waals surface area contributed by atoms with Gasteiger partial charge in [-0.15, -0.1) is 0 Å². The van der Waals surface area contributed by atoms with E-state index < -0.39 is 5.41 Å². The van der Waals surface area contributed by atoms with Crippen molar-refractivity contribution in [3.8, 4) is 0 Å². The number of aromatic nitrogens is 1. The summed E-state index contributed by atoms with van der Waals surface area (Å²) in [5.74, 6) is -0.114. The van der Waals surface area contributed by atoms with E-state index in [4.69, 9.17) is 18.0 Å². The Morgan fingerprint density at radius 3 is 2.79 bits per heavy atom. The predicted octanol–water partition coefficient (Wildman–Crippen LogP) is 2.24. The van der Waals surface area contributed by atoms with E-state index in [2.05, 4.69) is 10.3 Å². The van der Waals surface area contributed by atoms with E-state index in [0.717, 1.165) is 29.4 Å². The molecule has 0 radical (unpaired) electrons. The molecular weight excluding hydrogens is 258 g/mol. The Kier molecular flexibility index (Phi) is 2.71. The number of hydrogen-bond donors (Lipinski definition) is 2. The van der Waals surface area contributed by atoms with Gasteiger partial charge in [-0.3, -0.25) is 9.78 Å². The number of amides is 1. The molecule has 96 valence electrons. The number of benzene rings is 1. The smallest absolute Gasteiger partial charge is 0.237 e. The minimum absolute atomic E-state index is 0.114. The third-order valence-corrected chi connectivity index (χ3v) is 3.94. The van der Waals surface area contributed by atoms with Gasteiger partial charge in [0.05, 0.1) is 21.6 Å². The van der Waals surface area contributed by atoms with Crippen molar-refractivity contribution in [1.82, 2.24) is 4.98 Å². The van der Waals surface area contributed by atoms with Crippen molar-refractivity contribution in [2.45, 2.75) is 12.8 Å². The number of anilines is 1. The lowest BCUT2D eigenvalue weighted by Crippen LogP contribution is -2.35. The van der Waals surface area contributed by atoms with Gasteiger partial charge >= 0.3 is 0 Å². The molecule has 1 aromatic carbocycles. The summed E-state index contributed by atoms with van der Waals surface area (Å²) in [5.41, 5.74) is 6.61. The lowest BCUT2D eigenvalue weighted by atomic mass is 10.1. The van der Waals surface area contributed by atoms with Gasteiger partial charge < -0.3 is 11.1 Å². The van der Waals surface area contributed by atoms with Gasteiger partial charge in [-0.05, 0) is 37.1 Å². The number of nitrogens with zero attached hydrogens (tertiary/aromatic N) is 1. The van der Waals surface area contributed by atoms with Crippen LogP contribution in [0.2, 0.25) is 0 Å². The number of carbonyl (C=O) groups excluding carboxylic acids is 1. The van der Waals surface area contributed by atoms with Crippen LogP contribution < -0.4 is 11.1 Å². The molecule has 1 aromatic heterocycles. The van der Waals surface area contributed by atoms with Crippen LogP contribution >= 0.6 is 12.2 Å². The molecule has 3 rings (SSSR count). The monoisotopic (exact) mass is 271 g/mol. The van der Waals surface area contributed by atoms with E-state index in [1.807, 2.05) is 30.3 Å². The average Bonchev–Trinajstić information content (AvgIpc) is 3.20. The first-order valence-electron chi connectivity index (χ1n) is 6.09. The molecule has 0 unspecified atom stereocenters. The largest absolute Gasteiger partial charge is 0.392 e. The van der Waals surface area contributed by atoms with Crippen LogP contribution in [0.1, 0.15) is 12.8 Å². The maximum Gasteiger partial charge on any atom is 0.237 e. The number of carbonyl (C=O) groups is 1. The van der Waals surface area contributed by atoms with Crippen LogP contribution in [0.5, 0.6) is 0 Å². The molecule has 1 aliphatic rings. The standard InChI is InChI=1S/C14H13N3OS/c15-12(19)14(6-7-14)13(18)17-11-5-1-4-10-9(11)3-2-8-16-10/h1-5,8H,6-7H2,(H2,15,19)(H,17,18). The summed E-state index contributed by atoms with van der Waals surface area (Å²) in [4.78, 5) is 16.8. The first-order valence-corrected chi connectivity index (χ1v) is 6.49. The minimum atomic E-state index is -0.639. The van der Waals surface area contributed by atoms with Crippen molar-refractivity contribution in [3.63, 3.8) is 0 Å². The molecular formula is C14H13N3OS. The van der Waals surface area contributed by atoms with Crippen molar-refractivity contribution >= 4 is 39.7 Å². The highest BCUT2D eigenvalue weighted by molar-refractivity contribution is 7.80. The summed E-state index contributed by atoms with van der Waals surface area (Å²) in [7, 11) is 0. The topological polar surface area (TPSA) is 68.0 Å². The number of pyridine rings is 1. The summed E-state index contributed by atoms with van der Waals surface area (Å²) in [6, 6.07) is 9.41. The van der Waals surface area contributed by atoms with Gasteiger partial charge in [0.15, 0.2) is 0 Å². The Labute approximate surface area is 116 Å². The van der Waals surface area contributed by atoms with Crippen LogP contribution in [0, 0.1) is 5.41 Å². The lowest BCUT2D eigenvalue weighted by Gasteiger charge is -2.14. The second kappa shape index (κ2) is 4.28. The van der Waals surface area contributed by atoms with Crippen molar-refractivity contribution in [2.75, 3.05) is 5.32 Å². The second-order valence-electron chi connectivity index (χ2n) is 4.78. The van der Waals surface area contributed by atoms with Crippen molar-refractivity contribution in [3.05, 3.63) is 36.5 Å². The molecule has 1 saturated carbocycles. The SMILES string of the molecule is NC(=S)C1(C(=O)Nc2cccc3ncccc23)CC1. The summed E-state index contributed by atoms with van der Waals surface area (Å²) in [6.07, 6.45) is 3.19. The zero-order valence-electron chi connectivity index (χ0n) is 10.2. The predicted molar refractivity (Wildman–Crippen MR) is 78.8 cm³/mol. The highest BCUT2D eigenvalue weighted by atomic mass is 32.1. The molecule has 4 nitrogen and oxygen atoms in total. The van der Waals surface area contributed by atoms with Gasteiger partial charge in [0, 0.05) is 11.6 Å². The average molecular weight is 271 g/mol. The Morgan fingerprint density at radius 1 is 1.32 bits per heavy atom. The summed E-state index contributed by atoms with van der Waals surface area (Å²) in [5, 5.41) is 3.84. The molecule has 3 N–H and O–H groups in total. The van der Waals surface area contributed by atoms with Crippen LogP contribution in [0.15, 0.2) is 36.5 Å². The van der Waals surface area contributed by atoms with E-state index in [-0.39, 0.29) is 10.9 Å². The third kappa shape index (κ3) is 1.96. The van der Waals surface area contributed by atoms with Gasteiger partial charge in [-0.2, -0.15) is 0 Å².